The van der Waals surface area contributed by atoms with Crippen molar-refractivity contribution >= 4 is 22.6 Å². The van der Waals surface area contributed by atoms with E-state index in [1.54, 1.807) is 0 Å². The highest BCUT2D eigenvalue weighted by Crippen LogP contribution is 2.04. The number of rotatable bonds is 1. The van der Waals surface area contributed by atoms with Gasteiger partial charge in [0.2, 0.25) is 0 Å². The highest BCUT2D eigenvalue weighted by Gasteiger charge is 1.97. The molecule has 0 aromatic carbocycles. The molecule has 1 heterocycles. The van der Waals surface area contributed by atoms with Crippen molar-refractivity contribution in [2.45, 2.75) is 4.90 Å². The molecule has 0 amide bonds. The minimum atomic E-state index is -1.85. The first kappa shape index (κ1) is 5.87. The zero-order valence-electron chi connectivity index (χ0n) is 3.77. The molecule has 0 aliphatic carbocycles. The van der Waals surface area contributed by atoms with Gasteiger partial charge < -0.3 is 4.55 Å². The van der Waals surface area contributed by atoms with E-state index >= 15 is 0 Å². The molecule has 8 heavy (non-hydrogen) atoms. The molecule has 0 saturated heterocycles. The summed E-state index contributed by atoms with van der Waals surface area (Å²) in [5, 5.41) is 1.54. The van der Waals surface area contributed by atoms with Crippen LogP contribution in [0.4, 0.5) is 0 Å². The maximum absolute atomic E-state index is 10.1. The van der Waals surface area contributed by atoms with Crippen LogP contribution in [-0.4, -0.2) is 13.1 Å². The minimum absolute atomic E-state index is 0.370. The van der Waals surface area contributed by atoms with Gasteiger partial charge in [0, 0.05) is 5.38 Å². The summed E-state index contributed by atoms with van der Waals surface area (Å²) in [4.78, 5) is 0.370. The molecule has 1 aromatic heterocycles. The van der Waals surface area contributed by atoms with Crippen molar-refractivity contribution in [1.82, 2.24) is 4.37 Å². The van der Waals surface area contributed by atoms with Gasteiger partial charge in [-0.3, -0.25) is 0 Å². The van der Waals surface area contributed by atoms with Gasteiger partial charge in [-0.2, -0.15) is 4.37 Å². The Morgan fingerprint density at radius 2 is 2.62 bits per heavy atom. The van der Waals surface area contributed by atoms with Gasteiger partial charge in [-0.05, 0) is 11.5 Å². The van der Waals surface area contributed by atoms with Crippen LogP contribution in [0.1, 0.15) is 0 Å². The maximum Gasteiger partial charge on any atom is 0.189 e. The fourth-order valence-corrected chi connectivity index (χ4v) is 1.35. The van der Waals surface area contributed by atoms with E-state index in [1.807, 2.05) is 0 Å². The zero-order valence-corrected chi connectivity index (χ0v) is 5.41. The highest BCUT2D eigenvalue weighted by atomic mass is 32.2. The van der Waals surface area contributed by atoms with Crippen LogP contribution < -0.4 is 0 Å². The van der Waals surface area contributed by atoms with Crippen molar-refractivity contribution < 1.29 is 8.76 Å². The SMILES string of the molecule is O=S(O)c1cnsc1. The molecular formula is C3H3NO2S2. The Morgan fingerprint density at radius 3 is 2.88 bits per heavy atom. The molecule has 0 aliphatic rings. The monoisotopic (exact) mass is 149 g/mol. The van der Waals surface area contributed by atoms with Gasteiger partial charge in [0.1, 0.15) is 0 Å². The Balaban J connectivity index is 2.93. The molecule has 1 N–H and O–H groups in total. The molecule has 1 rings (SSSR count). The Labute approximate surface area is 52.8 Å². The van der Waals surface area contributed by atoms with E-state index in [2.05, 4.69) is 4.37 Å². The second-order valence-electron chi connectivity index (χ2n) is 1.11. The lowest BCUT2D eigenvalue weighted by molar-refractivity contribution is 0.564. The molecule has 1 atom stereocenters. The summed E-state index contributed by atoms with van der Waals surface area (Å²) in [6.45, 7) is 0. The fraction of sp³-hybridized carbons (Fsp3) is 0. The number of hydrogen-bond acceptors (Lipinski definition) is 3. The Hall–Kier alpha value is -0.260. The summed E-state index contributed by atoms with van der Waals surface area (Å²) < 4.78 is 22.1. The normalized spacial score (nSPS) is 13.6. The van der Waals surface area contributed by atoms with E-state index in [1.165, 1.54) is 11.6 Å². The molecule has 0 aliphatic heterocycles. The lowest BCUT2D eigenvalue weighted by atomic mass is 10.8. The summed E-state index contributed by atoms with van der Waals surface area (Å²) >= 11 is -0.685. The second kappa shape index (κ2) is 2.34. The highest BCUT2D eigenvalue weighted by molar-refractivity contribution is 7.79. The Morgan fingerprint density at radius 1 is 1.88 bits per heavy atom. The van der Waals surface area contributed by atoms with Crippen LogP contribution in [0.2, 0.25) is 0 Å². The number of aromatic nitrogens is 1. The topological polar surface area (TPSA) is 50.2 Å². The molecule has 0 radical (unpaired) electrons. The molecule has 0 fully saturated rings. The van der Waals surface area contributed by atoms with Gasteiger partial charge in [0.05, 0.1) is 11.1 Å². The summed E-state index contributed by atoms with van der Waals surface area (Å²) in [6, 6.07) is 0. The largest absolute Gasteiger partial charge is 0.302 e. The summed E-state index contributed by atoms with van der Waals surface area (Å²) in [6.07, 6.45) is 1.38. The van der Waals surface area contributed by atoms with Crippen LogP contribution >= 0.6 is 11.5 Å². The third-order valence-electron chi connectivity index (χ3n) is 0.611. The van der Waals surface area contributed by atoms with Gasteiger partial charge in [-0.15, -0.1) is 0 Å². The van der Waals surface area contributed by atoms with E-state index < -0.39 is 11.1 Å². The van der Waals surface area contributed by atoms with E-state index in [-0.39, 0.29) is 0 Å². The molecule has 0 bridgehead atoms. The average Bonchev–Trinajstić information content (AvgIpc) is 2.12. The first-order valence-electron chi connectivity index (χ1n) is 1.81. The Bertz CT molecular complexity index is 183. The van der Waals surface area contributed by atoms with E-state index in [4.69, 9.17) is 4.55 Å². The third-order valence-corrected chi connectivity index (χ3v) is 1.97. The van der Waals surface area contributed by atoms with Crippen molar-refractivity contribution in [2.24, 2.45) is 0 Å². The molecule has 1 unspecified atom stereocenters. The van der Waals surface area contributed by atoms with E-state index in [0.717, 1.165) is 11.5 Å². The lowest BCUT2D eigenvalue weighted by Crippen LogP contribution is -1.81. The molecule has 0 saturated carbocycles. The van der Waals surface area contributed by atoms with Gasteiger partial charge in [0.15, 0.2) is 11.1 Å². The number of nitrogens with zero attached hydrogens (tertiary/aromatic N) is 1. The summed E-state index contributed by atoms with van der Waals surface area (Å²) in [5.74, 6) is 0. The lowest BCUT2D eigenvalue weighted by Gasteiger charge is -1.78. The molecule has 0 spiro atoms. The van der Waals surface area contributed by atoms with Crippen molar-refractivity contribution in [3.63, 3.8) is 0 Å². The van der Waals surface area contributed by atoms with Crippen LogP contribution in [0.5, 0.6) is 0 Å². The molecule has 1 aromatic rings. The fourth-order valence-electron chi connectivity index (χ4n) is 0.281. The molecular weight excluding hydrogens is 146 g/mol. The van der Waals surface area contributed by atoms with Crippen LogP contribution in [0.3, 0.4) is 0 Å². The predicted octanol–water partition coefficient (Wildman–Crippen LogP) is 0.724. The molecule has 5 heteroatoms. The standard InChI is InChI=1S/C3H3NO2S2/c5-8(6)3-1-4-7-2-3/h1-2H,(H,5,6). The first-order chi connectivity index (χ1) is 3.80. The van der Waals surface area contributed by atoms with Crippen LogP contribution in [0.15, 0.2) is 16.5 Å². The van der Waals surface area contributed by atoms with E-state index in [9.17, 15) is 4.21 Å². The average molecular weight is 149 g/mol. The second-order valence-corrected chi connectivity index (χ2v) is 2.74. The quantitative estimate of drug-likeness (QED) is 0.599. The smallest absolute Gasteiger partial charge is 0.189 e. The van der Waals surface area contributed by atoms with Crippen molar-refractivity contribution in [3.8, 4) is 0 Å². The molecule has 3 nitrogen and oxygen atoms in total. The minimum Gasteiger partial charge on any atom is -0.302 e. The molecule has 44 valence electrons. The van der Waals surface area contributed by atoms with Gasteiger partial charge >= 0.3 is 0 Å². The maximum atomic E-state index is 10.1. The van der Waals surface area contributed by atoms with Crippen LogP contribution in [0.25, 0.3) is 0 Å². The third kappa shape index (κ3) is 1.12. The first-order valence-corrected chi connectivity index (χ1v) is 3.75. The van der Waals surface area contributed by atoms with Crippen molar-refractivity contribution in [3.05, 3.63) is 11.6 Å². The summed E-state index contributed by atoms with van der Waals surface area (Å²) in [5.41, 5.74) is 0. The van der Waals surface area contributed by atoms with Crippen molar-refractivity contribution in [2.75, 3.05) is 0 Å². The predicted molar refractivity (Wildman–Crippen MR) is 31.2 cm³/mol. The number of hydrogen-bond donors (Lipinski definition) is 1. The van der Waals surface area contributed by atoms with E-state index in [0.29, 0.717) is 4.90 Å². The van der Waals surface area contributed by atoms with Gasteiger partial charge in [-0.25, -0.2) is 4.21 Å². The Kier molecular flexibility index (Phi) is 1.72. The van der Waals surface area contributed by atoms with Crippen LogP contribution in [0, 0.1) is 0 Å². The van der Waals surface area contributed by atoms with Gasteiger partial charge in [0.25, 0.3) is 0 Å². The van der Waals surface area contributed by atoms with Crippen molar-refractivity contribution in [1.29, 1.82) is 0 Å². The van der Waals surface area contributed by atoms with Gasteiger partial charge in [-0.1, -0.05) is 0 Å². The zero-order chi connectivity index (χ0) is 5.98. The van der Waals surface area contributed by atoms with Crippen LogP contribution in [-0.2, 0) is 11.1 Å². The summed E-state index contributed by atoms with van der Waals surface area (Å²) in [7, 11) is 0.